The molecule has 3 rings (SSSR count). The van der Waals surface area contributed by atoms with E-state index < -0.39 is 5.91 Å². The van der Waals surface area contributed by atoms with E-state index in [1.54, 1.807) is 35.3 Å². The Labute approximate surface area is 138 Å². The minimum atomic E-state index is -0.484. The van der Waals surface area contributed by atoms with Crippen LogP contribution in [0.4, 0.5) is 16.0 Å². The van der Waals surface area contributed by atoms with E-state index in [9.17, 15) is 9.18 Å². The van der Waals surface area contributed by atoms with E-state index in [4.69, 9.17) is 5.73 Å². The quantitative estimate of drug-likeness (QED) is 0.772. The van der Waals surface area contributed by atoms with Crippen LogP contribution in [0.5, 0.6) is 0 Å². The van der Waals surface area contributed by atoms with Gasteiger partial charge in [0.2, 0.25) is 5.95 Å². The number of carbonyl (C=O) groups excluding carboxylic acids is 1. The SMILES string of the molecule is Cc1cn(-c2nc(Nc3ccc(F)cc3)ncc2C)cc1C(N)=O. The Hall–Kier alpha value is -3.22. The lowest BCUT2D eigenvalue weighted by Gasteiger charge is -2.09. The maximum atomic E-state index is 13.0. The molecule has 0 bridgehead atoms. The molecule has 2 heterocycles. The van der Waals surface area contributed by atoms with Gasteiger partial charge in [-0.05, 0) is 43.7 Å². The van der Waals surface area contributed by atoms with E-state index in [1.165, 1.54) is 12.1 Å². The number of nitrogens with two attached hydrogens (primary N) is 1. The molecule has 0 unspecified atom stereocenters. The Bertz CT molecular complexity index is 902. The second-order valence-corrected chi connectivity index (χ2v) is 5.46. The predicted octanol–water partition coefficient (Wildman–Crippen LogP) is 2.87. The zero-order chi connectivity index (χ0) is 17.3. The van der Waals surface area contributed by atoms with Gasteiger partial charge in [0.05, 0.1) is 5.56 Å². The summed E-state index contributed by atoms with van der Waals surface area (Å²) < 4.78 is 14.7. The normalized spacial score (nSPS) is 10.6. The molecule has 1 aromatic carbocycles. The van der Waals surface area contributed by atoms with E-state index in [1.807, 2.05) is 13.8 Å². The van der Waals surface area contributed by atoms with Crippen LogP contribution in [0.2, 0.25) is 0 Å². The highest BCUT2D eigenvalue weighted by Gasteiger charge is 2.12. The average molecular weight is 325 g/mol. The van der Waals surface area contributed by atoms with Crippen molar-refractivity contribution in [2.45, 2.75) is 13.8 Å². The number of nitrogens with zero attached hydrogens (tertiary/aromatic N) is 3. The molecule has 0 saturated carbocycles. The van der Waals surface area contributed by atoms with E-state index in [0.717, 1.165) is 11.1 Å². The van der Waals surface area contributed by atoms with Crippen LogP contribution in [0.1, 0.15) is 21.5 Å². The number of hydrogen-bond donors (Lipinski definition) is 2. The van der Waals surface area contributed by atoms with Crippen molar-refractivity contribution >= 4 is 17.5 Å². The first kappa shape index (κ1) is 15.7. The second kappa shape index (κ2) is 6.11. The van der Waals surface area contributed by atoms with Crippen molar-refractivity contribution in [3.8, 4) is 5.82 Å². The van der Waals surface area contributed by atoms with Gasteiger partial charge in [-0.2, -0.15) is 4.98 Å². The van der Waals surface area contributed by atoms with Crippen molar-refractivity contribution in [2.24, 2.45) is 5.73 Å². The Morgan fingerprint density at radius 1 is 1.17 bits per heavy atom. The minimum absolute atomic E-state index is 0.312. The maximum absolute atomic E-state index is 13.0. The number of carbonyl (C=O) groups is 1. The lowest BCUT2D eigenvalue weighted by Crippen LogP contribution is -2.11. The van der Waals surface area contributed by atoms with Crippen molar-refractivity contribution in [3.63, 3.8) is 0 Å². The number of anilines is 2. The Balaban J connectivity index is 1.95. The second-order valence-electron chi connectivity index (χ2n) is 5.46. The van der Waals surface area contributed by atoms with Gasteiger partial charge in [-0.15, -0.1) is 0 Å². The summed E-state index contributed by atoms with van der Waals surface area (Å²) in [5.74, 6) is 0.204. The van der Waals surface area contributed by atoms with Gasteiger partial charge in [0, 0.05) is 29.8 Å². The van der Waals surface area contributed by atoms with Gasteiger partial charge in [-0.25, -0.2) is 9.37 Å². The number of primary amides is 1. The molecular weight excluding hydrogens is 309 g/mol. The van der Waals surface area contributed by atoms with E-state index >= 15 is 0 Å². The van der Waals surface area contributed by atoms with E-state index in [2.05, 4.69) is 15.3 Å². The third kappa shape index (κ3) is 3.10. The monoisotopic (exact) mass is 325 g/mol. The van der Waals surface area contributed by atoms with Gasteiger partial charge < -0.3 is 15.6 Å². The van der Waals surface area contributed by atoms with Gasteiger partial charge in [-0.1, -0.05) is 0 Å². The molecule has 0 aliphatic heterocycles. The van der Waals surface area contributed by atoms with Crippen molar-refractivity contribution in [1.82, 2.24) is 14.5 Å². The zero-order valence-electron chi connectivity index (χ0n) is 13.2. The fourth-order valence-electron chi connectivity index (χ4n) is 2.35. The van der Waals surface area contributed by atoms with Gasteiger partial charge in [0.1, 0.15) is 11.6 Å². The summed E-state index contributed by atoms with van der Waals surface area (Å²) in [7, 11) is 0. The number of rotatable bonds is 4. The lowest BCUT2D eigenvalue weighted by atomic mass is 10.2. The summed E-state index contributed by atoms with van der Waals surface area (Å²) in [6.07, 6.45) is 5.11. The Morgan fingerprint density at radius 3 is 2.50 bits per heavy atom. The number of nitrogens with one attached hydrogen (secondary N) is 1. The Kier molecular flexibility index (Phi) is 3.99. The highest BCUT2D eigenvalue weighted by atomic mass is 19.1. The fraction of sp³-hybridized carbons (Fsp3) is 0.118. The molecule has 7 heteroatoms. The topological polar surface area (TPSA) is 85.8 Å². The zero-order valence-corrected chi connectivity index (χ0v) is 13.2. The fourth-order valence-corrected chi connectivity index (χ4v) is 2.35. The molecule has 24 heavy (non-hydrogen) atoms. The molecule has 0 fully saturated rings. The summed E-state index contributed by atoms with van der Waals surface area (Å²) in [5.41, 5.74) is 8.09. The molecule has 122 valence electrons. The Morgan fingerprint density at radius 2 is 1.88 bits per heavy atom. The van der Waals surface area contributed by atoms with Crippen molar-refractivity contribution in [2.75, 3.05) is 5.32 Å². The van der Waals surface area contributed by atoms with Crippen molar-refractivity contribution < 1.29 is 9.18 Å². The summed E-state index contributed by atoms with van der Waals surface area (Å²) >= 11 is 0. The van der Waals surface area contributed by atoms with Crippen molar-refractivity contribution in [3.05, 3.63) is 65.4 Å². The highest BCUT2D eigenvalue weighted by Crippen LogP contribution is 2.19. The largest absolute Gasteiger partial charge is 0.366 e. The number of benzene rings is 1. The lowest BCUT2D eigenvalue weighted by molar-refractivity contribution is 0.1000. The molecule has 1 amide bonds. The third-order valence-corrected chi connectivity index (χ3v) is 3.58. The molecule has 0 saturated heterocycles. The molecule has 6 nitrogen and oxygen atoms in total. The van der Waals surface area contributed by atoms with Crippen LogP contribution >= 0.6 is 0 Å². The molecule has 0 radical (unpaired) electrons. The smallest absolute Gasteiger partial charge is 0.250 e. The molecule has 3 N–H and O–H groups in total. The van der Waals surface area contributed by atoms with Gasteiger partial charge >= 0.3 is 0 Å². The molecule has 0 aliphatic carbocycles. The maximum Gasteiger partial charge on any atom is 0.250 e. The standard InChI is InChI=1S/C17H16FN5O/c1-10-7-20-17(21-13-5-3-12(18)4-6-13)22-16(10)23-8-11(2)14(9-23)15(19)24/h3-9H,1-2H3,(H2,19,24)(H,20,21,22). The van der Waals surface area contributed by atoms with E-state index in [0.29, 0.717) is 23.0 Å². The number of halogens is 1. The molecule has 0 atom stereocenters. The number of aryl methyl sites for hydroxylation is 2. The summed E-state index contributed by atoms with van der Waals surface area (Å²) in [5, 5.41) is 3.02. The molecular formula is C17H16FN5O. The van der Waals surface area contributed by atoms with Gasteiger partial charge in [0.15, 0.2) is 0 Å². The molecule has 3 aromatic rings. The van der Waals surface area contributed by atoms with Crippen LogP contribution in [-0.2, 0) is 0 Å². The molecule has 0 aliphatic rings. The molecule has 2 aromatic heterocycles. The van der Waals surface area contributed by atoms with Crippen LogP contribution in [0.3, 0.4) is 0 Å². The van der Waals surface area contributed by atoms with Crippen LogP contribution in [0, 0.1) is 19.7 Å². The summed E-state index contributed by atoms with van der Waals surface area (Å²) in [6.45, 7) is 3.68. The first-order valence-corrected chi connectivity index (χ1v) is 7.29. The minimum Gasteiger partial charge on any atom is -0.366 e. The first-order chi connectivity index (χ1) is 11.4. The van der Waals surface area contributed by atoms with E-state index in [-0.39, 0.29) is 5.82 Å². The third-order valence-electron chi connectivity index (χ3n) is 3.58. The average Bonchev–Trinajstić information content (AvgIpc) is 2.93. The highest BCUT2D eigenvalue weighted by molar-refractivity contribution is 5.94. The molecule has 0 spiro atoms. The number of aromatic nitrogens is 3. The summed E-state index contributed by atoms with van der Waals surface area (Å²) in [6, 6.07) is 5.91. The van der Waals surface area contributed by atoms with Crippen LogP contribution in [0.15, 0.2) is 42.9 Å². The van der Waals surface area contributed by atoms with Crippen LogP contribution in [0.25, 0.3) is 5.82 Å². The summed E-state index contributed by atoms with van der Waals surface area (Å²) in [4.78, 5) is 20.1. The van der Waals surface area contributed by atoms with Gasteiger partial charge in [-0.3, -0.25) is 4.79 Å². The predicted molar refractivity (Wildman–Crippen MR) is 89.0 cm³/mol. The van der Waals surface area contributed by atoms with Crippen molar-refractivity contribution in [1.29, 1.82) is 0 Å². The first-order valence-electron chi connectivity index (χ1n) is 7.29. The number of amides is 1. The number of hydrogen-bond acceptors (Lipinski definition) is 4. The van der Waals surface area contributed by atoms with Gasteiger partial charge in [0.25, 0.3) is 5.91 Å². The van der Waals surface area contributed by atoms with Crippen LogP contribution in [-0.4, -0.2) is 20.4 Å². The van der Waals surface area contributed by atoms with Crippen LogP contribution < -0.4 is 11.1 Å².